The summed E-state index contributed by atoms with van der Waals surface area (Å²) in [4.78, 5) is 8.99. The molecule has 0 bridgehead atoms. The minimum absolute atomic E-state index is 0.327. The Kier molecular flexibility index (Phi) is 9.86. The van der Waals surface area contributed by atoms with Crippen molar-refractivity contribution in [2.75, 3.05) is 26.9 Å². The average molecular weight is 385 g/mol. The zero-order valence-electron chi connectivity index (χ0n) is 17.1. The molecular formula is C22H32N4O2. The number of nitrogens with zero attached hydrogens (tertiary/aromatic N) is 2. The molecule has 0 aliphatic carbocycles. The summed E-state index contributed by atoms with van der Waals surface area (Å²) in [5.41, 5.74) is 2.39. The second kappa shape index (κ2) is 12.7. The average Bonchev–Trinajstić information content (AvgIpc) is 2.72. The summed E-state index contributed by atoms with van der Waals surface area (Å²) in [5, 5.41) is 6.79. The Morgan fingerprint density at radius 3 is 2.61 bits per heavy atom. The first kappa shape index (κ1) is 21.7. The Bertz CT molecular complexity index is 689. The Balaban J connectivity index is 1.83. The molecule has 152 valence electrons. The fourth-order valence-corrected chi connectivity index (χ4v) is 2.64. The molecule has 0 amide bonds. The number of benzene rings is 1. The molecular weight excluding hydrogens is 352 g/mol. The quantitative estimate of drug-likeness (QED) is 0.354. The van der Waals surface area contributed by atoms with Gasteiger partial charge in [-0.2, -0.15) is 0 Å². The van der Waals surface area contributed by atoms with Gasteiger partial charge in [0.2, 0.25) is 5.88 Å². The summed E-state index contributed by atoms with van der Waals surface area (Å²) >= 11 is 0. The molecule has 0 aliphatic heterocycles. The zero-order chi connectivity index (χ0) is 20.0. The van der Waals surface area contributed by atoms with Gasteiger partial charge in [-0.3, -0.25) is 0 Å². The van der Waals surface area contributed by atoms with Gasteiger partial charge in [0.25, 0.3) is 0 Å². The van der Waals surface area contributed by atoms with Gasteiger partial charge in [0.05, 0.1) is 13.2 Å². The SMILES string of the molecule is CCNC(=NCc1ccc(OCCOC)nc1)NC(C)CCc1ccccc1. The van der Waals surface area contributed by atoms with Crippen LogP contribution in [0.25, 0.3) is 0 Å². The molecule has 0 saturated heterocycles. The molecule has 1 heterocycles. The molecule has 2 rings (SSSR count). The van der Waals surface area contributed by atoms with Crippen LogP contribution in [0.3, 0.4) is 0 Å². The number of rotatable bonds is 11. The van der Waals surface area contributed by atoms with E-state index in [1.165, 1.54) is 5.56 Å². The summed E-state index contributed by atoms with van der Waals surface area (Å²) in [6.45, 7) is 6.68. The lowest BCUT2D eigenvalue weighted by Crippen LogP contribution is -2.42. The molecule has 0 aliphatic rings. The van der Waals surface area contributed by atoms with E-state index in [4.69, 9.17) is 9.47 Å². The fraction of sp³-hybridized carbons (Fsp3) is 0.455. The van der Waals surface area contributed by atoms with E-state index in [2.05, 4.69) is 58.7 Å². The number of hydrogen-bond donors (Lipinski definition) is 2. The standard InChI is InChI=1S/C22H32N4O2/c1-4-23-22(26-18(2)10-11-19-8-6-5-7-9-19)25-17-20-12-13-21(24-16-20)28-15-14-27-3/h5-9,12-13,16,18H,4,10-11,14-15,17H2,1-3H3,(H2,23,25,26). The largest absolute Gasteiger partial charge is 0.475 e. The molecule has 0 spiro atoms. The number of methoxy groups -OCH3 is 1. The minimum atomic E-state index is 0.327. The van der Waals surface area contributed by atoms with Crippen LogP contribution in [0.1, 0.15) is 31.4 Å². The van der Waals surface area contributed by atoms with Crippen LogP contribution in [-0.2, 0) is 17.7 Å². The second-order valence-corrected chi connectivity index (χ2v) is 6.61. The Morgan fingerprint density at radius 2 is 1.93 bits per heavy atom. The Morgan fingerprint density at radius 1 is 1.11 bits per heavy atom. The fourth-order valence-electron chi connectivity index (χ4n) is 2.64. The lowest BCUT2D eigenvalue weighted by molar-refractivity contribution is 0.143. The highest BCUT2D eigenvalue weighted by molar-refractivity contribution is 5.80. The number of hydrogen-bond acceptors (Lipinski definition) is 4. The van der Waals surface area contributed by atoms with Crippen molar-refractivity contribution >= 4 is 5.96 Å². The monoisotopic (exact) mass is 384 g/mol. The molecule has 0 saturated carbocycles. The van der Waals surface area contributed by atoms with Gasteiger partial charge in [-0.15, -0.1) is 0 Å². The maximum atomic E-state index is 5.48. The molecule has 6 nitrogen and oxygen atoms in total. The van der Waals surface area contributed by atoms with E-state index >= 15 is 0 Å². The maximum absolute atomic E-state index is 5.48. The van der Waals surface area contributed by atoms with E-state index in [0.29, 0.717) is 31.7 Å². The molecule has 1 aromatic heterocycles. The van der Waals surface area contributed by atoms with E-state index in [9.17, 15) is 0 Å². The molecule has 1 atom stereocenters. The molecule has 6 heteroatoms. The van der Waals surface area contributed by atoms with Crippen molar-refractivity contribution in [2.24, 2.45) is 4.99 Å². The van der Waals surface area contributed by atoms with Crippen molar-refractivity contribution in [2.45, 2.75) is 39.3 Å². The van der Waals surface area contributed by atoms with Crippen LogP contribution in [0.2, 0.25) is 0 Å². The van der Waals surface area contributed by atoms with Crippen LogP contribution >= 0.6 is 0 Å². The second-order valence-electron chi connectivity index (χ2n) is 6.61. The van der Waals surface area contributed by atoms with E-state index in [1.807, 2.05) is 18.2 Å². The first-order valence-corrected chi connectivity index (χ1v) is 9.86. The molecule has 1 aromatic carbocycles. The lowest BCUT2D eigenvalue weighted by atomic mass is 10.1. The van der Waals surface area contributed by atoms with Gasteiger partial charge >= 0.3 is 0 Å². The summed E-state index contributed by atoms with van der Waals surface area (Å²) in [6.07, 6.45) is 3.89. The van der Waals surface area contributed by atoms with Crippen LogP contribution in [-0.4, -0.2) is 43.9 Å². The van der Waals surface area contributed by atoms with Gasteiger partial charge in [-0.1, -0.05) is 36.4 Å². The third-order valence-electron chi connectivity index (χ3n) is 4.19. The predicted molar refractivity (Wildman–Crippen MR) is 114 cm³/mol. The van der Waals surface area contributed by atoms with Crippen LogP contribution < -0.4 is 15.4 Å². The number of aliphatic imine (C=N–C) groups is 1. The number of pyridine rings is 1. The van der Waals surface area contributed by atoms with Gasteiger partial charge in [-0.25, -0.2) is 9.98 Å². The first-order valence-electron chi connectivity index (χ1n) is 9.86. The molecule has 28 heavy (non-hydrogen) atoms. The van der Waals surface area contributed by atoms with E-state index < -0.39 is 0 Å². The predicted octanol–water partition coefficient (Wildman–Crippen LogP) is 3.18. The summed E-state index contributed by atoms with van der Waals surface area (Å²) in [5.74, 6) is 1.42. The van der Waals surface area contributed by atoms with Gasteiger partial charge in [0.15, 0.2) is 5.96 Å². The number of guanidine groups is 1. The van der Waals surface area contributed by atoms with Crippen LogP contribution in [0.4, 0.5) is 0 Å². The van der Waals surface area contributed by atoms with Gasteiger partial charge in [0.1, 0.15) is 6.61 Å². The number of aromatic nitrogens is 1. The molecule has 2 N–H and O–H groups in total. The Hall–Kier alpha value is -2.60. The molecule has 1 unspecified atom stereocenters. The van der Waals surface area contributed by atoms with Crippen molar-refractivity contribution in [1.29, 1.82) is 0 Å². The molecule has 2 aromatic rings. The maximum Gasteiger partial charge on any atom is 0.213 e. The zero-order valence-corrected chi connectivity index (χ0v) is 17.1. The highest BCUT2D eigenvalue weighted by atomic mass is 16.5. The minimum Gasteiger partial charge on any atom is -0.475 e. The van der Waals surface area contributed by atoms with Gasteiger partial charge in [0, 0.05) is 32.0 Å². The highest BCUT2D eigenvalue weighted by Gasteiger charge is 2.06. The molecule has 0 radical (unpaired) electrons. The highest BCUT2D eigenvalue weighted by Crippen LogP contribution is 2.09. The van der Waals surface area contributed by atoms with E-state index in [1.54, 1.807) is 13.3 Å². The third kappa shape index (κ3) is 8.39. The normalized spacial score (nSPS) is 12.5. The van der Waals surface area contributed by atoms with Gasteiger partial charge in [-0.05, 0) is 37.8 Å². The topological polar surface area (TPSA) is 67.8 Å². The smallest absolute Gasteiger partial charge is 0.213 e. The van der Waals surface area contributed by atoms with E-state index in [0.717, 1.165) is 30.9 Å². The van der Waals surface area contributed by atoms with Crippen molar-refractivity contribution in [3.8, 4) is 5.88 Å². The summed E-state index contributed by atoms with van der Waals surface area (Å²) < 4.78 is 10.4. The van der Waals surface area contributed by atoms with Crippen molar-refractivity contribution < 1.29 is 9.47 Å². The lowest BCUT2D eigenvalue weighted by Gasteiger charge is -2.18. The van der Waals surface area contributed by atoms with Crippen molar-refractivity contribution in [1.82, 2.24) is 15.6 Å². The number of nitrogens with one attached hydrogen (secondary N) is 2. The van der Waals surface area contributed by atoms with Crippen LogP contribution in [0, 0.1) is 0 Å². The van der Waals surface area contributed by atoms with Crippen molar-refractivity contribution in [3.05, 3.63) is 59.8 Å². The van der Waals surface area contributed by atoms with Crippen LogP contribution in [0.15, 0.2) is 53.7 Å². The van der Waals surface area contributed by atoms with Crippen LogP contribution in [0.5, 0.6) is 5.88 Å². The van der Waals surface area contributed by atoms with Crippen molar-refractivity contribution in [3.63, 3.8) is 0 Å². The third-order valence-corrected chi connectivity index (χ3v) is 4.19. The summed E-state index contributed by atoms with van der Waals surface area (Å²) in [7, 11) is 1.65. The first-order chi connectivity index (χ1) is 13.7. The number of aryl methyl sites for hydroxylation is 1. The number of ether oxygens (including phenoxy) is 2. The Labute approximate surface area is 168 Å². The molecule has 0 fully saturated rings. The van der Waals surface area contributed by atoms with Gasteiger partial charge < -0.3 is 20.1 Å². The van der Waals surface area contributed by atoms with E-state index in [-0.39, 0.29) is 0 Å². The summed E-state index contributed by atoms with van der Waals surface area (Å²) in [6, 6.07) is 14.7.